The zero-order valence-electron chi connectivity index (χ0n) is 9.00. The van der Waals surface area contributed by atoms with Gasteiger partial charge in [-0.2, -0.15) is 0 Å². The van der Waals surface area contributed by atoms with Crippen LogP contribution in [0, 0.1) is 0 Å². The Morgan fingerprint density at radius 2 is 2.23 bits per heavy atom. The SMILES string of the molecule is CC(CCCO)N1CCCCC1C. The number of piperidine rings is 1. The second kappa shape index (κ2) is 5.61. The molecule has 0 aromatic carbocycles. The first kappa shape index (κ1) is 11.0. The highest BCUT2D eigenvalue weighted by Crippen LogP contribution is 2.20. The van der Waals surface area contributed by atoms with Crippen LogP contribution in [0.1, 0.15) is 46.0 Å². The van der Waals surface area contributed by atoms with Gasteiger partial charge in [-0.1, -0.05) is 6.42 Å². The minimum Gasteiger partial charge on any atom is -0.396 e. The molecule has 0 aromatic heterocycles. The van der Waals surface area contributed by atoms with Gasteiger partial charge in [0, 0.05) is 18.7 Å². The molecule has 0 aromatic rings. The number of aliphatic hydroxyl groups excluding tert-OH is 1. The standard InChI is InChI=1S/C11H23NO/c1-10-6-3-4-8-12(10)11(2)7-5-9-13/h10-11,13H,3-9H2,1-2H3. The van der Waals surface area contributed by atoms with Crippen molar-refractivity contribution in [2.75, 3.05) is 13.2 Å². The summed E-state index contributed by atoms with van der Waals surface area (Å²) >= 11 is 0. The minimum atomic E-state index is 0.340. The zero-order valence-corrected chi connectivity index (χ0v) is 9.00. The molecule has 78 valence electrons. The molecule has 1 heterocycles. The van der Waals surface area contributed by atoms with Crippen molar-refractivity contribution in [1.29, 1.82) is 0 Å². The summed E-state index contributed by atoms with van der Waals surface area (Å²) in [6.07, 6.45) is 6.19. The fourth-order valence-corrected chi connectivity index (χ4v) is 2.33. The van der Waals surface area contributed by atoms with Gasteiger partial charge in [0.15, 0.2) is 0 Å². The number of hydrogen-bond acceptors (Lipinski definition) is 2. The van der Waals surface area contributed by atoms with Crippen molar-refractivity contribution in [3.63, 3.8) is 0 Å². The lowest BCUT2D eigenvalue weighted by Crippen LogP contribution is -2.43. The highest BCUT2D eigenvalue weighted by atomic mass is 16.2. The molecule has 1 N–H and O–H groups in total. The zero-order chi connectivity index (χ0) is 9.68. The van der Waals surface area contributed by atoms with Gasteiger partial charge in [0.2, 0.25) is 0 Å². The number of nitrogens with zero attached hydrogens (tertiary/aromatic N) is 1. The Bertz CT molecular complexity index is 138. The van der Waals surface area contributed by atoms with Gasteiger partial charge in [-0.15, -0.1) is 0 Å². The quantitative estimate of drug-likeness (QED) is 0.724. The van der Waals surface area contributed by atoms with E-state index in [2.05, 4.69) is 18.7 Å². The van der Waals surface area contributed by atoms with Crippen molar-refractivity contribution in [2.24, 2.45) is 0 Å². The highest BCUT2D eigenvalue weighted by Gasteiger charge is 2.22. The number of hydrogen-bond donors (Lipinski definition) is 1. The molecule has 1 aliphatic heterocycles. The molecule has 2 heteroatoms. The molecule has 0 aliphatic carbocycles. The second-order valence-corrected chi connectivity index (χ2v) is 4.30. The third kappa shape index (κ3) is 3.28. The average Bonchev–Trinajstić information content (AvgIpc) is 2.15. The maximum Gasteiger partial charge on any atom is 0.0431 e. The number of aliphatic hydroxyl groups is 1. The van der Waals surface area contributed by atoms with Gasteiger partial charge < -0.3 is 5.11 Å². The largest absolute Gasteiger partial charge is 0.396 e. The van der Waals surface area contributed by atoms with Gasteiger partial charge >= 0.3 is 0 Å². The summed E-state index contributed by atoms with van der Waals surface area (Å²) in [5, 5.41) is 8.76. The molecule has 0 amide bonds. The fraction of sp³-hybridized carbons (Fsp3) is 1.00. The van der Waals surface area contributed by atoms with Crippen molar-refractivity contribution in [3.05, 3.63) is 0 Å². The first-order valence-electron chi connectivity index (χ1n) is 5.62. The maximum absolute atomic E-state index is 8.76. The van der Waals surface area contributed by atoms with E-state index in [1.54, 1.807) is 0 Å². The summed E-state index contributed by atoms with van der Waals surface area (Å²) in [7, 11) is 0. The van der Waals surface area contributed by atoms with Crippen LogP contribution >= 0.6 is 0 Å². The van der Waals surface area contributed by atoms with E-state index in [0.29, 0.717) is 12.6 Å². The van der Waals surface area contributed by atoms with E-state index < -0.39 is 0 Å². The topological polar surface area (TPSA) is 23.5 Å². The molecule has 1 rings (SSSR count). The van der Waals surface area contributed by atoms with Gasteiger partial charge in [0.25, 0.3) is 0 Å². The van der Waals surface area contributed by atoms with Crippen LogP contribution in [0.15, 0.2) is 0 Å². The van der Waals surface area contributed by atoms with Crippen LogP contribution in [0.4, 0.5) is 0 Å². The Kier molecular flexibility index (Phi) is 4.74. The molecule has 13 heavy (non-hydrogen) atoms. The van der Waals surface area contributed by atoms with Crippen molar-refractivity contribution in [2.45, 2.75) is 58.0 Å². The summed E-state index contributed by atoms with van der Waals surface area (Å²) in [5.41, 5.74) is 0. The van der Waals surface area contributed by atoms with Crippen LogP contribution in [0.3, 0.4) is 0 Å². The first-order chi connectivity index (χ1) is 6.25. The lowest BCUT2D eigenvalue weighted by molar-refractivity contribution is 0.104. The van der Waals surface area contributed by atoms with Crippen molar-refractivity contribution in [3.8, 4) is 0 Å². The molecule has 0 saturated carbocycles. The molecule has 1 fully saturated rings. The molecule has 0 radical (unpaired) electrons. The van der Waals surface area contributed by atoms with E-state index in [0.717, 1.165) is 18.9 Å². The maximum atomic E-state index is 8.76. The Balaban J connectivity index is 2.30. The van der Waals surface area contributed by atoms with E-state index in [1.165, 1.54) is 25.8 Å². The summed E-state index contributed by atoms with van der Waals surface area (Å²) < 4.78 is 0. The summed E-state index contributed by atoms with van der Waals surface area (Å²) in [6.45, 7) is 6.21. The van der Waals surface area contributed by atoms with E-state index in [1.807, 2.05) is 0 Å². The van der Waals surface area contributed by atoms with Gasteiger partial charge in [0.1, 0.15) is 0 Å². The predicted octanol–water partition coefficient (Wildman–Crippen LogP) is 2.02. The van der Waals surface area contributed by atoms with Crippen LogP contribution in [-0.2, 0) is 0 Å². The highest BCUT2D eigenvalue weighted by molar-refractivity contribution is 4.77. The Labute approximate surface area is 81.9 Å². The van der Waals surface area contributed by atoms with Crippen molar-refractivity contribution in [1.82, 2.24) is 4.90 Å². The number of rotatable bonds is 4. The van der Waals surface area contributed by atoms with Crippen LogP contribution in [0.5, 0.6) is 0 Å². The Morgan fingerprint density at radius 3 is 2.85 bits per heavy atom. The fourth-order valence-electron chi connectivity index (χ4n) is 2.33. The molecule has 0 bridgehead atoms. The molecule has 1 saturated heterocycles. The third-order valence-corrected chi connectivity index (χ3v) is 3.20. The van der Waals surface area contributed by atoms with Crippen LogP contribution in [0.25, 0.3) is 0 Å². The van der Waals surface area contributed by atoms with Gasteiger partial charge in [-0.3, -0.25) is 4.90 Å². The van der Waals surface area contributed by atoms with Crippen molar-refractivity contribution < 1.29 is 5.11 Å². The summed E-state index contributed by atoms with van der Waals surface area (Å²) in [4.78, 5) is 2.60. The van der Waals surface area contributed by atoms with Crippen molar-refractivity contribution >= 4 is 0 Å². The van der Waals surface area contributed by atoms with Crippen LogP contribution in [0.2, 0.25) is 0 Å². The molecule has 2 unspecified atom stereocenters. The van der Waals surface area contributed by atoms with Crippen LogP contribution in [-0.4, -0.2) is 35.2 Å². The lowest BCUT2D eigenvalue weighted by atomic mass is 10.00. The predicted molar refractivity (Wildman–Crippen MR) is 55.8 cm³/mol. The van der Waals surface area contributed by atoms with E-state index >= 15 is 0 Å². The molecule has 0 spiro atoms. The van der Waals surface area contributed by atoms with E-state index in [-0.39, 0.29) is 0 Å². The molecule has 2 nitrogen and oxygen atoms in total. The normalized spacial score (nSPS) is 27.5. The summed E-state index contributed by atoms with van der Waals surface area (Å²) in [6, 6.07) is 1.41. The third-order valence-electron chi connectivity index (χ3n) is 3.20. The minimum absolute atomic E-state index is 0.340. The Hall–Kier alpha value is -0.0800. The molecular formula is C11H23NO. The first-order valence-corrected chi connectivity index (χ1v) is 5.62. The van der Waals surface area contributed by atoms with Crippen LogP contribution < -0.4 is 0 Å². The smallest absolute Gasteiger partial charge is 0.0431 e. The van der Waals surface area contributed by atoms with Gasteiger partial charge in [-0.25, -0.2) is 0 Å². The van der Waals surface area contributed by atoms with E-state index in [4.69, 9.17) is 5.11 Å². The van der Waals surface area contributed by atoms with Gasteiger partial charge in [0.05, 0.1) is 0 Å². The van der Waals surface area contributed by atoms with Gasteiger partial charge in [-0.05, 0) is 46.1 Å². The second-order valence-electron chi connectivity index (χ2n) is 4.30. The lowest BCUT2D eigenvalue weighted by Gasteiger charge is -2.38. The van der Waals surface area contributed by atoms with E-state index in [9.17, 15) is 0 Å². The molecular weight excluding hydrogens is 162 g/mol. The Morgan fingerprint density at radius 1 is 1.46 bits per heavy atom. The molecule has 2 atom stereocenters. The summed E-state index contributed by atoms with van der Waals surface area (Å²) in [5.74, 6) is 0. The number of likely N-dealkylation sites (tertiary alicyclic amines) is 1. The molecule has 1 aliphatic rings. The monoisotopic (exact) mass is 185 g/mol. The average molecular weight is 185 g/mol.